The lowest BCUT2D eigenvalue weighted by Gasteiger charge is -2.27. The van der Waals surface area contributed by atoms with Crippen molar-refractivity contribution in [3.8, 4) is 0 Å². The third kappa shape index (κ3) is 3.63. The molecule has 4 heteroatoms. The van der Waals surface area contributed by atoms with E-state index in [1.54, 1.807) is 0 Å². The molecule has 0 saturated heterocycles. The Bertz CT molecular complexity index is 639. The van der Waals surface area contributed by atoms with Gasteiger partial charge in [0.15, 0.2) is 5.11 Å². The summed E-state index contributed by atoms with van der Waals surface area (Å²) in [5.74, 6) is 0. The van der Waals surface area contributed by atoms with Crippen LogP contribution in [0.1, 0.15) is 30.0 Å². The van der Waals surface area contributed by atoms with E-state index >= 15 is 0 Å². The first kappa shape index (κ1) is 14.5. The Labute approximate surface area is 139 Å². The molecule has 1 aliphatic rings. The fourth-order valence-corrected chi connectivity index (χ4v) is 3.29. The number of fused-ring (bicyclic) bond motifs is 1. The van der Waals surface area contributed by atoms with Gasteiger partial charge in [-0.05, 0) is 66.9 Å². The van der Waals surface area contributed by atoms with Gasteiger partial charge in [0.25, 0.3) is 0 Å². The summed E-state index contributed by atoms with van der Waals surface area (Å²) in [6, 6.07) is 17.0. The number of hydrogen-bond acceptors (Lipinski definition) is 1. The minimum Gasteiger partial charge on any atom is -0.356 e. The van der Waals surface area contributed by atoms with Gasteiger partial charge in [-0.3, -0.25) is 0 Å². The lowest BCUT2D eigenvalue weighted by Crippen LogP contribution is -2.34. The molecule has 2 aromatic carbocycles. The summed E-state index contributed by atoms with van der Waals surface area (Å²) in [6.45, 7) is 0. The number of thiocarbonyl (C=S) groups is 1. The first-order chi connectivity index (χ1) is 10.2. The van der Waals surface area contributed by atoms with E-state index in [0.717, 1.165) is 16.6 Å². The van der Waals surface area contributed by atoms with Gasteiger partial charge in [0.2, 0.25) is 0 Å². The van der Waals surface area contributed by atoms with Crippen molar-refractivity contribution in [2.24, 2.45) is 0 Å². The first-order valence-electron chi connectivity index (χ1n) is 7.13. The third-order valence-electron chi connectivity index (χ3n) is 3.78. The molecule has 108 valence electrons. The Kier molecular flexibility index (Phi) is 4.56. The van der Waals surface area contributed by atoms with Gasteiger partial charge in [0, 0.05) is 10.2 Å². The standard InChI is InChI=1S/C17H17BrN2S/c18-13-8-10-14(11-9-13)19-17(21)20-16-7-3-5-12-4-1-2-6-15(12)16/h1-2,4,6,8-11,16H,3,5,7H2,(H2,19,20,21)/t16-/m0/s1. The molecular weight excluding hydrogens is 344 g/mol. The van der Waals surface area contributed by atoms with Crippen LogP contribution in [0.3, 0.4) is 0 Å². The number of aryl methyl sites for hydroxylation is 1. The summed E-state index contributed by atoms with van der Waals surface area (Å²) in [6.07, 6.45) is 3.50. The molecule has 0 amide bonds. The maximum atomic E-state index is 5.44. The highest BCUT2D eigenvalue weighted by Gasteiger charge is 2.20. The van der Waals surface area contributed by atoms with Crippen LogP contribution in [-0.4, -0.2) is 5.11 Å². The smallest absolute Gasteiger partial charge is 0.171 e. The molecule has 1 atom stereocenters. The summed E-state index contributed by atoms with van der Waals surface area (Å²) in [5, 5.41) is 7.37. The van der Waals surface area contributed by atoms with E-state index in [-0.39, 0.29) is 0 Å². The van der Waals surface area contributed by atoms with Gasteiger partial charge in [-0.25, -0.2) is 0 Å². The Balaban J connectivity index is 1.67. The van der Waals surface area contributed by atoms with Crippen molar-refractivity contribution in [2.45, 2.75) is 25.3 Å². The molecule has 3 rings (SSSR count). The topological polar surface area (TPSA) is 24.1 Å². The molecule has 0 heterocycles. The van der Waals surface area contributed by atoms with Crippen molar-refractivity contribution < 1.29 is 0 Å². The molecule has 0 aromatic heterocycles. The van der Waals surface area contributed by atoms with Crippen molar-refractivity contribution >= 4 is 38.9 Å². The van der Waals surface area contributed by atoms with Crippen LogP contribution < -0.4 is 10.6 Å². The largest absolute Gasteiger partial charge is 0.356 e. The predicted octanol–water partition coefficient (Wildman–Crippen LogP) is 4.81. The maximum absolute atomic E-state index is 5.44. The second-order valence-electron chi connectivity index (χ2n) is 5.25. The molecule has 0 unspecified atom stereocenters. The average Bonchev–Trinajstić information content (AvgIpc) is 2.50. The van der Waals surface area contributed by atoms with Gasteiger partial charge in [-0.1, -0.05) is 40.2 Å². The fourth-order valence-electron chi connectivity index (χ4n) is 2.76. The average molecular weight is 361 g/mol. The molecule has 21 heavy (non-hydrogen) atoms. The zero-order valence-electron chi connectivity index (χ0n) is 11.6. The van der Waals surface area contributed by atoms with E-state index in [2.05, 4.69) is 50.8 Å². The molecule has 2 N–H and O–H groups in total. The molecule has 0 bridgehead atoms. The maximum Gasteiger partial charge on any atom is 0.171 e. The van der Waals surface area contributed by atoms with Gasteiger partial charge in [0.1, 0.15) is 0 Å². The second kappa shape index (κ2) is 6.58. The summed E-state index contributed by atoms with van der Waals surface area (Å²) in [7, 11) is 0. The van der Waals surface area contributed by atoms with Gasteiger partial charge >= 0.3 is 0 Å². The van der Waals surface area contributed by atoms with Crippen molar-refractivity contribution in [3.05, 3.63) is 64.1 Å². The van der Waals surface area contributed by atoms with Crippen LogP contribution in [0.5, 0.6) is 0 Å². The minimum absolute atomic E-state index is 0.311. The summed E-state index contributed by atoms with van der Waals surface area (Å²) < 4.78 is 1.06. The van der Waals surface area contributed by atoms with E-state index in [4.69, 9.17) is 12.2 Å². The van der Waals surface area contributed by atoms with E-state index in [9.17, 15) is 0 Å². The normalized spacial score (nSPS) is 16.9. The highest BCUT2D eigenvalue weighted by atomic mass is 79.9. The monoisotopic (exact) mass is 360 g/mol. The van der Waals surface area contributed by atoms with Gasteiger partial charge in [0.05, 0.1) is 6.04 Å². The number of halogens is 1. The van der Waals surface area contributed by atoms with Crippen molar-refractivity contribution in [1.29, 1.82) is 0 Å². The molecule has 2 aromatic rings. The van der Waals surface area contributed by atoms with Crippen LogP contribution >= 0.6 is 28.1 Å². The van der Waals surface area contributed by atoms with Gasteiger partial charge in [-0.15, -0.1) is 0 Å². The molecule has 0 radical (unpaired) electrons. The molecule has 0 saturated carbocycles. The highest BCUT2D eigenvalue weighted by Crippen LogP contribution is 2.29. The molecule has 0 spiro atoms. The fraction of sp³-hybridized carbons (Fsp3) is 0.235. The Morgan fingerprint density at radius 2 is 1.86 bits per heavy atom. The lowest BCUT2D eigenvalue weighted by atomic mass is 9.88. The van der Waals surface area contributed by atoms with Crippen LogP contribution in [0.25, 0.3) is 0 Å². The Morgan fingerprint density at radius 3 is 2.67 bits per heavy atom. The SMILES string of the molecule is S=C(Nc1ccc(Br)cc1)N[C@H]1CCCc2ccccc21. The highest BCUT2D eigenvalue weighted by molar-refractivity contribution is 9.10. The van der Waals surface area contributed by atoms with Crippen LogP contribution in [-0.2, 0) is 6.42 Å². The summed E-state index contributed by atoms with van der Waals surface area (Å²) in [5.41, 5.74) is 3.82. The van der Waals surface area contributed by atoms with Crippen LogP contribution in [0.15, 0.2) is 53.0 Å². The molecule has 0 aliphatic heterocycles. The van der Waals surface area contributed by atoms with E-state index in [1.807, 2.05) is 24.3 Å². The van der Waals surface area contributed by atoms with E-state index < -0.39 is 0 Å². The number of rotatable bonds is 2. The van der Waals surface area contributed by atoms with Gasteiger partial charge in [-0.2, -0.15) is 0 Å². The van der Waals surface area contributed by atoms with Crippen molar-refractivity contribution in [2.75, 3.05) is 5.32 Å². The lowest BCUT2D eigenvalue weighted by molar-refractivity contribution is 0.529. The van der Waals surface area contributed by atoms with Crippen LogP contribution in [0, 0.1) is 0 Å². The van der Waals surface area contributed by atoms with Crippen LogP contribution in [0.2, 0.25) is 0 Å². The van der Waals surface area contributed by atoms with Crippen LogP contribution in [0.4, 0.5) is 5.69 Å². The van der Waals surface area contributed by atoms with E-state index in [1.165, 1.54) is 24.0 Å². The van der Waals surface area contributed by atoms with E-state index in [0.29, 0.717) is 11.2 Å². The number of nitrogens with one attached hydrogen (secondary N) is 2. The number of anilines is 1. The molecule has 2 nitrogen and oxygen atoms in total. The van der Waals surface area contributed by atoms with Crippen molar-refractivity contribution in [3.63, 3.8) is 0 Å². The number of hydrogen-bond donors (Lipinski definition) is 2. The summed E-state index contributed by atoms with van der Waals surface area (Å²) in [4.78, 5) is 0. The summed E-state index contributed by atoms with van der Waals surface area (Å²) >= 11 is 8.88. The minimum atomic E-state index is 0.311. The zero-order valence-corrected chi connectivity index (χ0v) is 14.0. The molecule has 1 aliphatic carbocycles. The Morgan fingerprint density at radius 1 is 1.10 bits per heavy atom. The zero-order chi connectivity index (χ0) is 14.7. The molecule has 0 fully saturated rings. The first-order valence-corrected chi connectivity index (χ1v) is 8.33. The quantitative estimate of drug-likeness (QED) is 0.751. The molecular formula is C17H17BrN2S. The number of benzene rings is 2. The third-order valence-corrected chi connectivity index (χ3v) is 4.53. The second-order valence-corrected chi connectivity index (χ2v) is 6.57. The van der Waals surface area contributed by atoms with Crippen molar-refractivity contribution in [1.82, 2.24) is 5.32 Å². The van der Waals surface area contributed by atoms with Gasteiger partial charge < -0.3 is 10.6 Å². The Hall–Kier alpha value is -1.39. The predicted molar refractivity (Wildman–Crippen MR) is 95.6 cm³/mol.